The fourth-order valence-electron chi connectivity index (χ4n) is 2.67. The van der Waals surface area contributed by atoms with Crippen LogP contribution in [0.1, 0.15) is 50.2 Å². The van der Waals surface area contributed by atoms with Gasteiger partial charge in [0.15, 0.2) is 5.96 Å². The zero-order valence-electron chi connectivity index (χ0n) is 14.9. The maximum Gasteiger partial charge on any atom is 0.191 e. The molecule has 0 unspecified atom stereocenters. The largest absolute Gasteiger partial charge is 0.355 e. The normalized spacial score (nSPS) is 17.7. The summed E-state index contributed by atoms with van der Waals surface area (Å²) in [6.45, 7) is 11.9. The van der Waals surface area contributed by atoms with Crippen molar-refractivity contribution in [3.8, 4) is 0 Å². The van der Waals surface area contributed by atoms with E-state index in [1.807, 2.05) is 7.05 Å². The Hall–Kier alpha value is -1.14. The summed E-state index contributed by atoms with van der Waals surface area (Å²) in [6, 6.07) is 0. The third-order valence-electron chi connectivity index (χ3n) is 4.39. The number of hydrogen-bond acceptors (Lipinski definition) is 4. The van der Waals surface area contributed by atoms with Gasteiger partial charge in [-0.2, -0.15) is 0 Å². The van der Waals surface area contributed by atoms with Crippen LogP contribution in [0.5, 0.6) is 0 Å². The van der Waals surface area contributed by atoms with E-state index in [9.17, 15) is 0 Å². The van der Waals surface area contributed by atoms with Crippen LogP contribution in [0.4, 0.5) is 0 Å². The molecule has 6 heteroatoms. The second-order valence-electron chi connectivity index (χ2n) is 6.70. The third-order valence-corrected chi connectivity index (χ3v) is 5.26. The standard InChI is InChI=1S/C17H31N5S/c1-13(2)15-12-23-16(21-15)11-20-17(18-4)19-7-10-22-8-5-14(3)6-9-22/h12-14H,5-11H2,1-4H3,(H2,18,19,20). The Balaban J connectivity index is 1.67. The van der Waals surface area contributed by atoms with Crippen molar-refractivity contribution in [2.45, 2.75) is 46.1 Å². The number of guanidine groups is 1. The lowest BCUT2D eigenvalue weighted by molar-refractivity contribution is 0.195. The van der Waals surface area contributed by atoms with E-state index < -0.39 is 0 Å². The van der Waals surface area contributed by atoms with E-state index in [1.165, 1.54) is 31.6 Å². The molecule has 5 nitrogen and oxygen atoms in total. The molecule has 1 saturated heterocycles. The highest BCUT2D eigenvalue weighted by molar-refractivity contribution is 7.09. The SMILES string of the molecule is CN=C(NCCN1CCC(C)CC1)NCc1nc(C(C)C)cs1. The van der Waals surface area contributed by atoms with Crippen molar-refractivity contribution in [1.29, 1.82) is 0 Å². The van der Waals surface area contributed by atoms with E-state index in [2.05, 4.69) is 51.7 Å². The summed E-state index contributed by atoms with van der Waals surface area (Å²) in [6.07, 6.45) is 2.66. The molecule has 0 aromatic carbocycles. The number of likely N-dealkylation sites (tertiary alicyclic amines) is 1. The summed E-state index contributed by atoms with van der Waals surface area (Å²) in [5.74, 6) is 2.24. The molecule has 0 amide bonds. The monoisotopic (exact) mass is 337 g/mol. The van der Waals surface area contributed by atoms with E-state index in [1.54, 1.807) is 11.3 Å². The highest BCUT2D eigenvalue weighted by Crippen LogP contribution is 2.17. The van der Waals surface area contributed by atoms with Gasteiger partial charge in [-0.1, -0.05) is 20.8 Å². The lowest BCUT2D eigenvalue weighted by Gasteiger charge is -2.30. The van der Waals surface area contributed by atoms with Crippen molar-refractivity contribution >= 4 is 17.3 Å². The second-order valence-corrected chi connectivity index (χ2v) is 7.64. The summed E-state index contributed by atoms with van der Waals surface area (Å²) in [4.78, 5) is 11.5. The van der Waals surface area contributed by atoms with Crippen molar-refractivity contribution in [2.24, 2.45) is 10.9 Å². The molecule has 0 bridgehead atoms. The Morgan fingerprint density at radius 1 is 1.39 bits per heavy atom. The first-order chi connectivity index (χ1) is 11.1. The number of aliphatic imine (C=N–C) groups is 1. The molecule has 0 atom stereocenters. The molecule has 0 radical (unpaired) electrons. The number of nitrogens with one attached hydrogen (secondary N) is 2. The number of thiazole rings is 1. The topological polar surface area (TPSA) is 52.6 Å². The van der Waals surface area contributed by atoms with Crippen LogP contribution in [0, 0.1) is 5.92 Å². The van der Waals surface area contributed by atoms with Crippen molar-refractivity contribution in [3.63, 3.8) is 0 Å². The molecular formula is C17H31N5S. The van der Waals surface area contributed by atoms with Crippen LogP contribution in [-0.2, 0) is 6.54 Å². The highest BCUT2D eigenvalue weighted by Gasteiger charge is 2.15. The van der Waals surface area contributed by atoms with E-state index in [4.69, 9.17) is 0 Å². The van der Waals surface area contributed by atoms with E-state index in [0.717, 1.165) is 36.5 Å². The maximum absolute atomic E-state index is 4.64. The fourth-order valence-corrected chi connectivity index (χ4v) is 3.56. The van der Waals surface area contributed by atoms with Gasteiger partial charge in [0, 0.05) is 25.5 Å². The van der Waals surface area contributed by atoms with Gasteiger partial charge in [-0.05, 0) is 37.8 Å². The number of nitrogens with zero attached hydrogens (tertiary/aromatic N) is 3. The minimum Gasteiger partial charge on any atom is -0.355 e. The Kier molecular flexibility index (Phi) is 7.30. The molecule has 0 spiro atoms. The van der Waals surface area contributed by atoms with Crippen LogP contribution in [0.15, 0.2) is 10.4 Å². The van der Waals surface area contributed by atoms with Gasteiger partial charge in [-0.25, -0.2) is 4.98 Å². The Morgan fingerprint density at radius 3 is 2.74 bits per heavy atom. The predicted octanol–water partition coefficient (Wildman–Crippen LogP) is 2.66. The van der Waals surface area contributed by atoms with Gasteiger partial charge < -0.3 is 15.5 Å². The minimum atomic E-state index is 0.490. The van der Waals surface area contributed by atoms with Gasteiger partial charge in [-0.3, -0.25) is 4.99 Å². The van der Waals surface area contributed by atoms with Crippen molar-refractivity contribution < 1.29 is 0 Å². The molecule has 1 aliphatic heterocycles. The molecule has 1 aliphatic rings. The van der Waals surface area contributed by atoms with E-state index >= 15 is 0 Å². The van der Waals surface area contributed by atoms with Crippen LogP contribution in [0.3, 0.4) is 0 Å². The molecule has 2 rings (SSSR count). The summed E-state index contributed by atoms with van der Waals surface area (Å²) >= 11 is 1.71. The molecule has 1 aromatic heterocycles. The van der Waals surface area contributed by atoms with Crippen LogP contribution in [0.25, 0.3) is 0 Å². The van der Waals surface area contributed by atoms with Gasteiger partial charge in [0.05, 0.1) is 12.2 Å². The van der Waals surface area contributed by atoms with Gasteiger partial charge in [0.1, 0.15) is 5.01 Å². The second kappa shape index (κ2) is 9.23. The number of hydrogen-bond donors (Lipinski definition) is 2. The first kappa shape index (κ1) is 18.2. The van der Waals surface area contributed by atoms with Gasteiger partial charge in [0.2, 0.25) is 0 Å². The summed E-state index contributed by atoms with van der Waals surface area (Å²) in [7, 11) is 1.82. The molecule has 0 aliphatic carbocycles. The average molecular weight is 338 g/mol. The van der Waals surface area contributed by atoms with Crippen molar-refractivity contribution in [3.05, 3.63) is 16.1 Å². The number of piperidine rings is 1. The summed E-state index contributed by atoms with van der Waals surface area (Å²) < 4.78 is 0. The summed E-state index contributed by atoms with van der Waals surface area (Å²) in [5.41, 5.74) is 1.18. The van der Waals surface area contributed by atoms with Crippen molar-refractivity contribution in [1.82, 2.24) is 20.5 Å². The molecule has 1 fully saturated rings. The predicted molar refractivity (Wildman–Crippen MR) is 99.2 cm³/mol. The Bertz CT molecular complexity index is 489. The van der Waals surface area contributed by atoms with E-state index in [-0.39, 0.29) is 0 Å². The maximum atomic E-state index is 4.64. The summed E-state index contributed by atoms with van der Waals surface area (Å²) in [5, 5.41) is 10.0. The van der Waals surface area contributed by atoms with Crippen LogP contribution >= 0.6 is 11.3 Å². The lowest BCUT2D eigenvalue weighted by Crippen LogP contribution is -2.43. The molecule has 2 heterocycles. The van der Waals surface area contributed by atoms with Crippen LogP contribution in [0.2, 0.25) is 0 Å². The van der Waals surface area contributed by atoms with Gasteiger partial charge >= 0.3 is 0 Å². The molecule has 23 heavy (non-hydrogen) atoms. The molecule has 130 valence electrons. The van der Waals surface area contributed by atoms with Crippen LogP contribution in [-0.4, -0.2) is 49.1 Å². The molecule has 1 aromatic rings. The zero-order valence-corrected chi connectivity index (χ0v) is 15.7. The highest BCUT2D eigenvalue weighted by atomic mass is 32.1. The molecule has 0 saturated carbocycles. The fraction of sp³-hybridized carbons (Fsp3) is 0.765. The Labute approximate surface area is 144 Å². The first-order valence-electron chi connectivity index (χ1n) is 8.69. The van der Waals surface area contributed by atoms with Gasteiger partial charge in [-0.15, -0.1) is 11.3 Å². The van der Waals surface area contributed by atoms with E-state index in [0.29, 0.717) is 5.92 Å². The molecular weight excluding hydrogens is 306 g/mol. The minimum absolute atomic E-state index is 0.490. The average Bonchev–Trinajstić information content (AvgIpc) is 3.01. The van der Waals surface area contributed by atoms with Crippen molar-refractivity contribution in [2.75, 3.05) is 33.2 Å². The molecule has 2 N–H and O–H groups in total. The van der Waals surface area contributed by atoms with Gasteiger partial charge in [0.25, 0.3) is 0 Å². The first-order valence-corrected chi connectivity index (χ1v) is 9.57. The number of rotatable bonds is 6. The van der Waals surface area contributed by atoms with Crippen LogP contribution < -0.4 is 10.6 Å². The lowest BCUT2D eigenvalue weighted by atomic mass is 9.99. The number of aromatic nitrogens is 1. The Morgan fingerprint density at radius 2 is 2.13 bits per heavy atom. The third kappa shape index (κ3) is 6.11. The quantitative estimate of drug-likeness (QED) is 0.619. The zero-order chi connectivity index (χ0) is 16.7. The smallest absolute Gasteiger partial charge is 0.191 e.